The van der Waals surface area contributed by atoms with Gasteiger partial charge in [-0.3, -0.25) is 0 Å². The van der Waals surface area contributed by atoms with Gasteiger partial charge in [-0.15, -0.1) is 0 Å². The molecule has 0 radical (unpaired) electrons. The van der Waals surface area contributed by atoms with Crippen LogP contribution in [-0.4, -0.2) is 6.61 Å². The van der Waals surface area contributed by atoms with Crippen molar-refractivity contribution in [1.82, 2.24) is 0 Å². The Balaban J connectivity index is 1.44. The molecule has 0 aliphatic heterocycles. The first-order chi connectivity index (χ1) is 17.8. The maximum absolute atomic E-state index is 14.7. The maximum Gasteiger partial charge on any atom is 0.387 e. The summed E-state index contributed by atoms with van der Waals surface area (Å²) in [5, 5.41) is 0. The molecule has 1 saturated carbocycles. The summed E-state index contributed by atoms with van der Waals surface area (Å²) in [6.07, 6.45) is 10.2. The van der Waals surface area contributed by atoms with Crippen molar-refractivity contribution in [2.45, 2.75) is 71.8 Å². The molecule has 2 nitrogen and oxygen atoms in total. The van der Waals surface area contributed by atoms with Gasteiger partial charge in [0.05, 0.1) is 0 Å². The Bertz CT molecular complexity index is 1150. The third kappa shape index (κ3) is 7.06. The Morgan fingerprint density at radius 2 is 1.43 bits per heavy atom. The van der Waals surface area contributed by atoms with E-state index < -0.39 is 18.2 Å². The zero-order valence-electron chi connectivity index (χ0n) is 21.4. The van der Waals surface area contributed by atoms with Gasteiger partial charge >= 0.3 is 6.61 Å². The molecule has 4 rings (SSSR count). The van der Waals surface area contributed by atoms with Gasteiger partial charge in [0.15, 0.2) is 11.6 Å². The molecule has 0 bridgehead atoms. The predicted octanol–water partition coefficient (Wildman–Crippen LogP) is 9.87. The lowest BCUT2D eigenvalue weighted by Gasteiger charge is -2.28. The second-order valence-corrected chi connectivity index (χ2v) is 10.0. The van der Waals surface area contributed by atoms with Crippen LogP contribution in [0.3, 0.4) is 0 Å². The van der Waals surface area contributed by atoms with Gasteiger partial charge in [0.2, 0.25) is 5.82 Å². The number of ether oxygens (including phenoxy) is 2. The molecule has 0 unspecified atom stereocenters. The van der Waals surface area contributed by atoms with Crippen LogP contribution in [0.4, 0.5) is 17.6 Å². The fourth-order valence-corrected chi connectivity index (χ4v) is 5.36. The second kappa shape index (κ2) is 12.5. The molecule has 3 aromatic carbocycles. The minimum absolute atomic E-state index is 0.0521. The molecular formula is C31H34F4O2. The van der Waals surface area contributed by atoms with Gasteiger partial charge in [0, 0.05) is 5.56 Å². The third-order valence-electron chi connectivity index (χ3n) is 7.46. The van der Waals surface area contributed by atoms with E-state index in [4.69, 9.17) is 4.74 Å². The van der Waals surface area contributed by atoms with Gasteiger partial charge < -0.3 is 9.47 Å². The van der Waals surface area contributed by atoms with Crippen LogP contribution in [0.2, 0.25) is 0 Å². The smallest absolute Gasteiger partial charge is 0.387 e. The summed E-state index contributed by atoms with van der Waals surface area (Å²) in [5.41, 5.74) is 2.99. The molecule has 0 N–H and O–H groups in total. The number of alkyl halides is 2. The van der Waals surface area contributed by atoms with E-state index in [-0.39, 0.29) is 17.2 Å². The van der Waals surface area contributed by atoms with Crippen molar-refractivity contribution in [3.63, 3.8) is 0 Å². The highest BCUT2D eigenvalue weighted by molar-refractivity contribution is 5.70. The largest absolute Gasteiger partial charge is 0.454 e. The van der Waals surface area contributed by atoms with E-state index in [1.165, 1.54) is 80.8 Å². The lowest BCUT2D eigenvalue weighted by molar-refractivity contribution is -0.0498. The molecule has 0 heterocycles. The minimum atomic E-state index is -2.95. The third-order valence-corrected chi connectivity index (χ3v) is 7.46. The van der Waals surface area contributed by atoms with Crippen LogP contribution < -0.4 is 9.47 Å². The fourth-order valence-electron chi connectivity index (χ4n) is 5.36. The monoisotopic (exact) mass is 514 g/mol. The van der Waals surface area contributed by atoms with Crippen LogP contribution in [0.25, 0.3) is 11.1 Å². The first kappa shape index (κ1) is 27.0. The summed E-state index contributed by atoms with van der Waals surface area (Å²) < 4.78 is 63.9. The summed E-state index contributed by atoms with van der Waals surface area (Å²) in [6, 6.07) is 14.5. The van der Waals surface area contributed by atoms with Crippen LogP contribution in [-0.2, 0) is 6.42 Å². The SMILES string of the molecule is CCCC1CCC(CCc2ccc(-c3cc(F)c(F)c(Oc4ccc(OC(F)F)cc4)c3C)cc2)CC1. The van der Waals surface area contributed by atoms with Crippen LogP contribution in [0.5, 0.6) is 17.2 Å². The highest BCUT2D eigenvalue weighted by Crippen LogP contribution is 2.38. The van der Waals surface area contributed by atoms with E-state index in [1.807, 2.05) is 12.1 Å². The summed E-state index contributed by atoms with van der Waals surface area (Å²) in [7, 11) is 0. The van der Waals surface area contributed by atoms with Gasteiger partial charge in [-0.1, -0.05) is 69.7 Å². The van der Waals surface area contributed by atoms with Gasteiger partial charge in [0.25, 0.3) is 0 Å². The second-order valence-electron chi connectivity index (χ2n) is 10.0. The average molecular weight is 515 g/mol. The van der Waals surface area contributed by atoms with E-state index in [0.717, 1.165) is 23.8 Å². The number of aryl methyl sites for hydroxylation is 1. The van der Waals surface area contributed by atoms with Gasteiger partial charge in [-0.25, -0.2) is 4.39 Å². The van der Waals surface area contributed by atoms with E-state index in [2.05, 4.69) is 23.8 Å². The number of hydrogen-bond acceptors (Lipinski definition) is 2. The molecule has 198 valence electrons. The summed E-state index contributed by atoms with van der Waals surface area (Å²) in [5.74, 6) is -0.525. The zero-order chi connectivity index (χ0) is 26.4. The van der Waals surface area contributed by atoms with E-state index in [1.54, 1.807) is 6.92 Å². The van der Waals surface area contributed by atoms with E-state index >= 15 is 0 Å². The van der Waals surface area contributed by atoms with Crippen LogP contribution in [0.15, 0.2) is 54.6 Å². The lowest BCUT2D eigenvalue weighted by atomic mass is 9.78. The minimum Gasteiger partial charge on any atom is -0.454 e. The molecule has 0 aromatic heterocycles. The molecule has 0 spiro atoms. The van der Waals surface area contributed by atoms with Crippen molar-refractivity contribution in [2.24, 2.45) is 11.8 Å². The van der Waals surface area contributed by atoms with Gasteiger partial charge in [-0.05, 0) is 78.6 Å². The average Bonchev–Trinajstić information content (AvgIpc) is 2.89. The fraction of sp³-hybridized carbons (Fsp3) is 0.419. The molecular weight excluding hydrogens is 480 g/mol. The maximum atomic E-state index is 14.7. The molecule has 37 heavy (non-hydrogen) atoms. The molecule has 6 heteroatoms. The normalized spacial score (nSPS) is 17.7. The lowest BCUT2D eigenvalue weighted by Crippen LogP contribution is -2.15. The number of benzene rings is 3. The number of rotatable bonds is 10. The van der Waals surface area contributed by atoms with Gasteiger partial charge in [-0.2, -0.15) is 13.2 Å². The summed E-state index contributed by atoms with van der Waals surface area (Å²) in [6.45, 7) is 0.986. The van der Waals surface area contributed by atoms with Gasteiger partial charge in [0.1, 0.15) is 11.5 Å². The van der Waals surface area contributed by atoms with Crippen molar-refractivity contribution in [3.8, 4) is 28.4 Å². The van der Waals surface area contributed by atoms with Crippen LogP contribution >= 0.6 is 0 Å². The number of halogens is 4. The van der Waals surface area contributed by atoms with Crippen molar-refractivity contribution < 1.29 is 27.0 Å². The van der Waals surface area contributed by atoms with E-state index in [9.17, 15) is 17.6 Å². The Labute approximate surface area is 216 Å². The Morgan fingerprint density at radius 1 is 0.838 bits per heavy atom. The predicted molar refractivity (Wildman–Crippen MR) is 138 cm³/mol. The Kier molecular flexibility index (Phi) is 9.12. The molecule has 1 aliphatic rings. The molecule has 3 aromatic rings. The molecule has 0 atom stereocenters. The molecule has 0 saturated heterocycles. The van der Waals surface area contributed by atoms with Crippen molar-refractivity contribution in [2.75, 3.05) is 0 Å². The number of hydrogen-bond donors (Lipinski definition) is 0. The molecule has 1 fully saturated rings. The Hall–Kier alpha value is -3.02. The molecule has 0 amide bonds. The van der Waals surface area contributed by atoms with Crippen molar-refractivity contribution in [1.29, 1.82) is 0 Å². The van der Waals surface area contributed by atoms with Crippen LogP contribution in [0.1, 0.15) is 63.0 Å². The quantitative estimate of drug-likeness (QED) is 0.251. The first-order valence-electron chi connectivity index (χ1n) is 13.1. The van der Waals surface area contributed by atoms with E-state index in [0.29, 0.717) is 11.1 Å². The molecule has 1 aliphatic carbocycles. The van der Waals surface area contributed by atoms with Crippen LogP contribution in [0, 0.1) is 30.4 Å². The highest BCUT2D eigenvalue weighted by atomic mass is 19.3. The Morgan fingerprint density at radius 3 is 2.03 bits per heavy atom. The van der Waals surface area contributed by atoms with Crippen molar-refractivity contribution in [3.05, 3.63) is 77.4 Å². The first-order valence-corrected chi connectivity index (χ1v) is 13.1. The standard InChI is InChI=1S/C31H34F4O2/c1-3-4-21-5-7-22(8-6-21)9-10-23-11-13-24(14-12-23)27-19-28(32)29(33)30(20(27)2)36-25-15-17-26(18-16-25)37-31(34)35/h11-19,21-22,31H,3-10H2,1-2H3. The summed E-state index contributed by atoms with van der Waals surface area (Å²) >= 11 is 0. The topological polar surface area (TPSA) is 18.5 Å². The van der Waals surface area contributed by atoms with Crippen molar-refractivity contribution >= 4 is 0 Å². The zero-order valence-corrected chi connectivity index (χ0v) is 21.4. The summed E-state index contributed by atoms with van der Waals surface area (Å²) in [4.78, 5) is 0. The highest BCUT2D eigenvalue weighted by Gasteiger charge is 2.21.